The monoisotopic (exact) mass is 396 g/mol. The zero-order valence-corrected chi connectivity index (χ0v) is 16.9. The number of unbranched alkanes of at least 4 members (excludes halogenated alkanes) is 2. The second-order valence-corrected chi connectivity index (χ2v) is 6.80. The molecule has 0 aliphatic heterocycles. The predicted octanol–water partition coefficient (Wildman–Crippen LogP) is 3.47. The Balaban J connectivity index is 2.05. The van der Waals surface area contributed by atoms with Gasteiger partial charge in [0, 0.05) is 12.1 Å². The number of benzene rings is 2. The van der Waals surface area contributed by atoms with Crippen LogP contribution >= 0.6 is 0 Å². The first kappa shape index (κ1) is 22.1. The van der Waals surface area contributed by atoms with E-state index in [0.717, 1.165) is 24.8 Å². The standard InChI is InChI=1S/C23H28N2O4/c1-3-4-6-14-20(22(27)24-16-17-10-7-5-8-11-17)25-21(26)18-12-9-13-19(15-18)23(28)29-2/h5,7-13,15,20H,3-4,6,14,16H2,1-2H3,(H,24,27)(H,25,26)/t20-/m0/s1. The lowest BCUT2D eigenvalue weighted by molar-refractivity contribution is -0.123. The molecular formula is C23H28N2O4. The molecule has 0 aliphatic rings. The van der Waals surface area contributed by atoms with Crippen molar-refractivity contribution in [1.29, 1.82) is 0 Å². The minimum Gasteiger partial charge on any atom is -0.465 e. The summed E-state index contributed by atoms with van der Waals surface area (Å²) in [7, 11) is 1.29. The second kappa shape index (κ2) is 11.6. The molecule has 29 heavy (non-hydrogen) atoms. The van der Waals surface area contributed by atoms with Crippen molar-refractivity contribution in [2.45, 2.75) is 45.2 Å². The number of carbonyl (C=O) groups is 3. The predicted molar refractivity (Wildman–Crippen MR) is 111 cm³/mol. The van der Waals surface area contributed by atoms with Crippen molar-refractivity contribution in [2.75, 3.05) is 7.11 Å². The molecule has 0 radical (unpaired) electrons. The number of methoxy groups -OCH3 is 1. The van der Waals surface area contributed by atoms with Crippen molar-refractivity contribution < 1.29 is 19.1 Å². The Morgan fingerprint density at radius 3 is 2.38 bits per heavy atom. The number of rotatable bonds is 10. The first-order chi connectivity index (χ1) is 14.0. The molecular weight excluding hydrogens is 368 g/mol. The second-order valence-electron chi connectivity index (χ2n) is 6.80. The van der Waals surface area contributed by atoms with Gasteiger partial charge >= 0.3 is 5.97 Å². The van der Waals surface area contributed by atoms with Crippen LogP contribution < -0.4 is 10.6 Å². The highest BCUT2D eigenvalue weighted by atomic mass is 16.5. The fourth-order valence-corrected chi connectivity index (χ4v) is 2.92. The fourth-order valence-electron chi connectivity index (χ4n) is 2.92. The first-order valence-corrected chi connectivity index (χ1v) is 9.86. The summed E-state index contributed by atoms with van der Waals surface area (Å²) in [4.78, 5) is 37.1. The zero-order valence-electron chi connectivity index (χ0n) is 16.9. The van der Waals surface area contributed by atoms with Crippen molar-refractivity contribution in [3.63, 3.8) is 0 Å². The molecule has 1 atom stereocenters. The van der Waals surface area contributed by atoms with Gasteiger partial charge in [-0.2, -0.15) is 0 Å². The highest BCUT2D eigenvalue weighted by Crippen LogP contribution is 2.10. The number of hydrogen-bond acceptors (Lipinski definition) is 4. The molecule has 0 bridgehead atoms. The van der Waals surface area contributed by atoms with Crippen molar-refractivity contribution in [1.82, 2.24) is 10.6 Å². The van der Waals surface area contributed by atoms with E-state index >= 15 is 0 Å². The van der Waals surface area contributed by atoms with Crippen LogP contribution in [0.5, 0.6) is 0 Å². The molecule has 154 valence electrons. The Morgan fingerprint density at radius 2 is 1.69 bits per heavy atom. The molecule has 2 rings (SSSR count). The Bertz CT molecular complexity index is 821. The van der Waals surface area contributed by atoms with Gasteiger partial charge in [-0.25, -0.2) is 4.79 Å². The summed E-state index contributed by atoms with van der Waals surface area (Å²) in [5.74, 6) is -1.13. The van der Waals surface area contributed by atoms with Gasteiger partial charge in [0.05, 0.1) is 12.7 Å². The maximum atomic E-state index is 12.7. The van der Waals surface area contributed by atoms with Crippen molar-refractivity contribution in [3.8, 4) is 0 Å². The molecule has 0 saturated carbocycles. The lowest BCUT2D eigenvalue weighted by Gasteiger charge is -2.19. The van der Waals surface area contributed by atoms with E-state index in [9.17, 15) is 14.4 Å². The van der Waals surface area contributed by atoms with Gasteiger partial charge < -0.3 is 15.4 Å². The fraction of sp³-hybridized carbons (Fsp3) is 0.348. The van der Waals surface area contributed by atoms with Gasteiger partial charge in [0.1, 0.15) is 6.04 Å². The smallest absolute Gasteiger partial charge is 0.337 e. The Hall–Kier alpha value is -3.15. The molecule has 6 heteroatoms. The van der Waals surface area contributed by atoms with Crippen LogP contribution in [0.15, 0.2) is 54.6 Å². The largest absolute Gasteiger partial charge is 0.465 e. The average molecular weight is 396 g/mol. The van der Waals surface area contributed by atoms with Crippen LogP contribution in [0.25, 0.3) is 0 Å². The van der Waals surface area contributed by atoms with Crippen LogP contribution in [0.3, 0.4) is 0 Å². The summed E-state index contributed by atoms with van der Waals surface area (Å²) >= 11 is 0. The van der Waals surface area contributed by atoms with Crippen LogP contribution in [0.4, 0.5) is 0 Å². The third kappa shape index (κ3) is 7.07. The number of carbonyl (C=O) groups excluding carboxylic acids is 3. The van der Waals surface area contributed by atoms with Crippen LogP contribution in [0.1, 0.15) is 58.9 Å². The molecule has 0 fully saturated rings. The maximum Gasteiger partial charge on any atom is 0.337 e. The SMILES string of the molecule is CCCCC[C@H](NC(=O)c1cccc(C(=O)OC)c1)C(=O)NCc1ccccc1. The number of hydrogen-bond donors (Lipinski definition) is 2. The number of ether oxygens (including phenoxy) is 1. The molecule has 2 aromatic rings. The van der Waals surface area contributed by atoms with Crippen LogP contribution in [0.2, 0.25) is 0 Å². The zero-order chi connectivity index (χ0) is 21.1. The number of amides is 2. The van der Waals surface area contributed by atoms with Crippen LogP contribution in [-0.2, 0) is 16.1 Å². The van der Waals surface area contributed by atoms with Gasteiger partial charge in [-0.3, -0.25) is 9.59 Å². The third-order valence-corrected chi connectivity index (χ3v) is 4.57. The summed E-state index contributed by atoms with van der Waals surface area (Å²) in [6.07, 6.45) is 3.39. The lowest BCUT2D eigenvalue weighted by atomic mass is 10.1. The highest BCUT2D eigenvalue weighted by molar-refractivity contribution is 6.00. The van der Waals surface area contributed by atoms with Gasteiger partial charge in [-0.15, -0.1) is 0 Å². The maximum absolute atomic E-state index is 12.7. The van der Waals surface area contributed by atoms with Crippen molar-refractivity contribution in [3.05, 3.63) is 71.3 Å². The van der Waals surface area contributed by atoms with E-state index in [2.05, 4.69) is 17.6 Å². The minimum absolute atomic E-state index is 0.220. The van der Waals surface area contributed by atoms with Crippen LogP contribution in [0, 0.1) is 0 Å². The highest BCUT2D eigenvalue weighted by Gasteiger charge is 2.21. The van der Waals surface area contributed by atoms with E-state index < -0.39 is 17.9 Å². The summed E-state index contributed by atoms with van der Waals surface area (Å²) in [5, 5.41) is 5.70. The van der Waals surface area contributed by atoms with Crippen molar-refractivity contribution >= 4 is 17.8 Å². The van der Waals surface area contributed by atoms with Crippen molar-refractivity contribution in [2.24, 2.45) is 0 Å². The summed E-state index contributed by atoms with van der Waals surface area (Å²) in [6.45, 7) is 2.49. The molecule has 2 amide bonds. The summed E-state index contributed by atoms with van der Waals surface area (Å²) in [5.41, 5.74) is 1.59. The molecule has 0 spiro atoms. The summed E-state index contributed by atoms with van der Waals surface area (Å²) in [6, 6.07) is 15.2. The normalized spacial score (nSPS) is 11.4. The molecule has 0 unspecified atom stereocenters. The Labute approximate surface area is 171 Å². The molecule has 0 saturated heterocycles. The summed E-state index contributed by atoms with van der Waals surface area (Å²) < 4.78 is 4.70. The number of esters is 1. The Kier molecular flexibility index (Phi) is 8.89. The van der Waals surface area contributed by atoms with Gasteiger partial charge in [0.25, 0.3) is 5.91 Å². The van der Waals surface area contributed by atoms with E-state index in [-0.39, 0.29) is 11.5 Å². The van der Waals surface area contributed by atoms with Gasteiger partial charge in [0.15, 0.2) is 0 Å². The van der Waals surface area contributed by atoms with E-state index in [1.807, 2.05) is 30.3 Å². The van der Waals surface area contributed by atoms with Gasteiger partial charge in [-0.1, -0.05) is 62.6 Å². The molecule has 2 N–H and O–H groups in total. The first-order valence-electron chi connectivity index (χ1n) is 9.86. The Morgan fingerprint density at radius 1 is 0.966 bits per heavy atom. The quantitative estimate of drug-likeness (QED) is 0.476. The minimum atomic E-state index is -0.639. The van der Waals surface area contributed by atoms with Crippen LogP contribution in [-0.4, -0.2) is 30.9 Å². The van der Waals surface area contributed by atoms with Gasteiger partial charge in [-0.05, 0) is 30.2 Å². The molecule has 6 nitrogen and oxygen atoms in total. The van der Waals surface area contributed by atoms with Gasteiger partial charge in [0.2, 0.25) is 5.91 Å². The third-order valence-electron chi connectivity index (χ3n) is 4.57. The van der Waals surface area contributed by atoms with E-state index in [4.69, 9.17) is 4.74 Å². The lowest BCUT2D eigenvalue weighted by Crippen LogP contribution is -2.46. The topological polar surface area (TPSA) is 84.5 Å². The van der Waals surface area contributed by atoms with E-state index in [1.54, 1.807) is 18.2 Å². The molecule has 0 aliphatic carbocycles. The molecule has 0 heterocycles. The average Bonchev–Trinajstić information content (AvgIpc) is 2.77. The van der Waals surface area contributed by atoms with E-state index in [0.29, 0.717) is 18.5 Å². The number of nitrogens with one attached hydrogen (secondary N) is 2. The van der Waals surface area contributed by atoms with E-state index in [1.165, 1.54) is 13.2 Å². The molecule has 2 aromatic carbocycles. The molecule has 0 aromatic heterocycles.